The molecule has 1 heterocycles. The van der Waals surface area contributed by atoms with Crippen molar-refractivity contribution in [3.8, 4) is 0 Å². The Balaban J connectivity index is 2.05. The monoisotopic (exact) mass is 331 g/mol. The average molecular weight is 331 g/mol. The van der Waals surface area contributed by atoms with Gasteiger partial charge in [0, 0.05) is 3.57 Å². The number of benzene rings is 1. The number of carbonyl (C=O) groups is 1. The molecule has 4 heteroatoms. The summed E-state index contributed by atoms with van der Waals surface area (Å²) >= 11 is 2.29. The molecule has 0 bridgehead atoms. The lowest BCUT2D eigenvalue weighted by Gasteiger charge is -2.30. The third-order valence-electron chi connectivity index (χ3n) is 2.73. The van der Waals surface area contributed by atoms with Gasteiger partial charge in [-0.1, -0.05) is 12.1 Å². The largest absolute Gasteiger partial charge is 0.367 e. The maximum Gasteiger partial charge on any atom is 0.246 e. The quantitative estimate of drug-likeness (QED) is 0.839. The summed E-state index contributed by atoms with van der Waals surface area (Å²) in [6.07, 6.45) is 0.902. The summed E-state index contributed by atoms with van der Waals surface area (Å²) in [6, 6.07) is 8.39. The van der Waals surface area contributed by atoms with E-state index in [1.165, 1.54) is 9.13 Å². The van der Waals surface area contributed by atoms with E-state index in [1.54, 1.807) is 0 Å². The zero-order chi connectivity index (χ0) is 11.5. The van der Waals surface area contributed by atoms with Gasteiger partial charge in [-0.2, -0.15) is 0 Å². The predicted octanol–water partition coefficient (Wildman–Crippen LogP) is 1.74. The van der Waals surface area contributed by atoms with E-state index in [2.05, 4.69) is 46.1 Å². The summed E-state index contributed by atoms with van der Waals surface area (Å²) < 4.78 is 6.60. The second-order valence-corrected chi connectivity index (χ2v) is 5.27. The van der Waals surface area contributed by atoms with Crippen LogP contribution in [0.25, 0.3) is 0 Å². The number of ether oxygens (including phenoxy) is 1. The molecule has 1 N–H and O–H groups in total. The first-order valence-corrected chi connectivity index (χ1v) is 6.38. The maximum absolute atomic E-state index is 11.2. The van der Waals surface area contributed by atoms with Crippen LogP contribution in [0, 0.1) is 3.57 Å². The molecular formula is C12H14INO2. The molecule has 0 saturated carbocycles. The average Bonchev–Trinajstić information content (AvgIpc) is 2.24. The maximum atomic E-state index is 11.2. The molecule has 0 radical (unpaired) electrons. The van der Waals surface area contributed by atoms with Gasteiger partial charge in [0.25, 0.3) is 0 Å². The number of carbonyl (C=O) groups excluding carboxylic acids is 1. The normalized spacial score (nSPS) is 25.2. The number of amides is 1. The fraction of sp³-hybridized carbons (Fsp3) is 0.417. The van der Waals surface area contributed by atoms with Gasteiger partial charge in [-0.05, 0) is 53.6 Å². The highest BCUT2D eigenvalue weighted by Crippen LogP contribution is 2.14. The fourth-order valence-corrected chi connectivity index (χ4v) is 2.43. The minimum atomic E-state index is -0.0197. The first kappa shape index (κ1) is 11.9. The van der Waals surface area contributed by atoms with Crippen molar-refractivity contribution in [3.63, 3.8) is 0 Å². The van der Waals surface area contributed by atoms with Crippen molar-refractivity contribution >= 4 is 28.5 Å². The number of rotatable bonds is 2. The number of nitrogens with one attached hydrogen (secondary N) is 1. The Morgan fingerprint density at radius 1 is 1.56 bits per heavy atom. The van der Waals surface area contributed by atoms with Crippen LogP contribution in [0.15, 0.2) is 24.3 Å². The van der Waals surface area contributed by atoms with Crippen LogP contribution in [-0.2, 0) is 16.0 Å². The molecule has 1 fully saturated rings. The third-order valence-corrected chi connectivity index (χ3v) is 3.41. The molecule has 1 amide bonds. The Morgan fingerprint density at radius 3 is 3.12 bits per heavy atom. The van der Waals surface area contributed by atoms with Crippen LogP contribution in [0.1, 0.15) is 12.5 Å². The van der Waals surface area contributed by atoms with Crippen molar-refractivity contribution in [1.29, 1.82) is 0 Å². The van der Waals surface area contributed by atoms with Crippen molar-refractivity contribution in [3.05, 3.63) is 33.4 Å². The molecule has 1 aromatic carbocycles. The predicted molar refractivity (Wildman–Crippen MR) is 70.2 cm³/mol. The Kier molecular flexibility index (Phi) is 3.81. The van der Waals surface area contributed by atoms with E-state index in [0.717, 1.165) is 6.42 Å². The van der Waals surface area contributed by atoms with E-state index in [0.29, 0.717) is 0 Å². The van der Waals surface area contributed by atoms with Gasteiger partial charge in [0.2, 0.25) is 5.91 Å². The van der Waals surface area contributed by atoms with Gasteiger partial charge in [-0.25, -0.2) is 0 Å². The van der Waals surface area contributed by atoms with Crippen LogP contribution in [-0.4, -0.2) is 24.7 Å². The highest BCUT2D eigenvalue weighted by molar-refractivity contribution is 14.1. The zero-order valence-electron chi connectivity index (χ0n) is 9.07. The van der Waals surface area contributed by atoms with E-state index < -0.39 is 0 Å². The van der Waals surface area contributed by atoms with Gasteiger partial charge < -0.3 is 10.1 Å². The summed E-state index contributed by atoms with van der Waals surface area (Å²) in [7, 11) is 0. The molecule has 1 aromatic rings. The third kappa shape index (κ3) is 2.95. The summed E-state index contributed by atoms with van der Waals surface area (Å²) in [5.74, 6) is -0.0197. The van der Waals surface area contributed by atoms with Gasteiger partial charge in [-0.3, -0.25) is 4.79 Å². The number of morpholine rings is 1. The van der Waals surface area contributed by atoms with Crippen molar-refractivity contribution < 1.29 is 9.53 Å². The molecule has 2 rings (SSSR count). The van der Waals surface area contributed by atoms with Gasteiger partial charge in [0.15, 0.2) is 0 Å². The van der Waals surface area contributed by atoms with Crippen LogP contribution in [0.4, 0.5) is 0 Å². The fourth-order valence-electron chi connectivity index (χ4n) is 1.82. The molecule has 86 valence electrons. The van der Waals surface area contributed by atoms with E-state index >= 15 is 0 Å². The molecule has 3 nitrogen and oxygen atoms in total. The van der Waals surface area contributed by atoms with Gasteiger partial charge in [0.1, 0.15) is 6.61 Å². The molecule has 0 unspecified atom stereocenters. The van der Waals surface area contributed by atoms with E-state index in [9.17, 15) is 4.79 Å². The van der Waals surface area contributed by atoms with E-state index in [1.807, 2.05) is 13.0 Å². The highest BCUT2D eigenvalue weighted by atomic mass is 127. The smallest absolute Gasteiger partial charge is 0.246 e. The summed E-state index contributed by atoms with van der Waals surface area (Å²) in [5, 5.41) is 2.97. The van der Waals surface area contributed by atoms with Crippen LogP contribution in [0.3, 0.4) is 0 Å². The molecule has 16 heavy (non-hydrogen) atoms. The lowest BCUT2D eigenvalue weighted by atomic mass is 10.0. The molecule has 2 atom stereocenters. The Labute approximate surface area is 109 Å². The summed E-state index contributed by atoms with van der Waals surface area (Å²) in [5.41, 5.74) is 1.23. The molecule has 0 aliphatic carbocycles. The summed E-state index contributed by atoms with van der Waals surface area (Å²) in [6.45, 7) is 2.18. The minimum Gasteiger partial charge on any atom is -0.367 e. The van der Waals surface area contributed by atoms with E-state index in [-0.39, 0.29) is 24.7 Å². The first-order valence-electron chi connectivity index (χ1n) is 5.30. The number of hydrogen-bond acceptors (Lipinski definition) is 2. The van der Waals surface area contributed by atoms with Crippen LogP contribution < -0.4 is 5.32 Å². The van der Waals surface area contributed by atoms with Crippen LogP contribution >= 0.6 is 22.6 Å². The van der Waals surface area contributed by atoms with Gasteiger partial charge in [-0.15, -0.1) is 0 Å². The second kappa shape index (κ2) is 5.14. The first-order chi connectivity index (χ1) is 7.65. The molecule has 0 spiro atoms. The Hall–Kier alpha value is -0.620. The van der Waals surface area contributed by atoms with Gasteiger partial charge >= 0.3 is 0 Å². The number of hydrogen-bond donors (Lipinski definition) is 1. The Morgan fingerprint density at radius 2 is 2.38 bits per heavy atom. The number of halogens is 1. The SMILES string of the molecule is C[C@@H]1OCC(=O)N[C@@H]1Cc1cccc(I)c1. The molecule has 1 saturated heterocycles. The van der Waals surface area contributed by atoms with Gasteiger partial charge in [0.05, 0.1) is 12.1 Å². The molecular weight excluding hydrogens is 317 g/mol. The van der Waals surface area contributed by atoms with Crippen LogP contribution in [0.5, 0.6) is 0 Å². The zero-order valence-corrected chi connectivity index (χ0v) is 11.2. The lowest BCUT2D eigenvalue weighted by Crippen LogP contribution is -2.51. The lowest BCUT2D eigenvalue weighted by molar-refractivity contribution is -0.135. The topological polar surface area (TPSA) is 38.3 Å². The van der Waals surface area contributed by atoms with Crippen molar-refractivity contribution in [1.82, 2.24) is 5.32 Å². The molecule has 1 aliphatic heterocycles. The molecule has 1 aliphatic rings. The van der Waals surface area contributed by atoms with Crippen molar-refractivity contribution in [2.45, 2.75) is 25.5 Å². The summed E-state index contributed by atoms with van der Waals surface area (Å²) in [4.78, 5) is 11.2. The van der Waals surface area contributed by atoms with Crippen molar-refractivity contribution in [2.24, 2.45) is 0 Å². The van der Waals surface area contributed by atoms with Crippen molar-refractivity contribution in [2.75, 3.05) is 6.61 Å². The van der Waals surface area contributed by atoms with Crippen LogP contribution in [0.2, 0.25) is 0 Å². The van der Waals surface area contributed by atoms with E-state index in [4.69, 9.17) is 4.74 Å². The highest BCUT2D eigenvalue weighted by Gasteiger charge is 2.25. The Bertz CT molecular complexity index is 394. The standard InChI is InChI=1S/C12H14INO2/c1-8-11(14-12(15)7-16-8)6-9-3-2-4-10(13)5-9/h2-5,8,11H,6-7H2,1H3,(H,14,15)/t8-,11+/m0/s1. The molecule has 0 aromatic heterocycles. The second-order valence-electron chi connectivity index (χ2n) is 4.02. The minimum absolute atomic E-state index is 0.0197.